The first-order valence-electron chi connectivity index (χ1n) is 4.89. The van der Waals surface area contributed by atoms with Crippen molar-refractivity contribution in [3.63, 3.8) is 0 Å². The molecule has 0 N–H and O–H groups in total. The molecule has 2 aromatic rings. The fourth-order valence-corrected chi connectivity index (χ4v) is 1.52. The van der Waals surface area contributed by atoms with E-state index in [0.29, 0.717) is 12.4 Å². The van der Waals surface area contributed by atoms with Crippen LogP contribution in [0.1, 0.15) is 5.56 Å². The van der Waals surface area contributed by atoms with Gasteiger partial charge in [-0.1, -0.05) is 59.8 Å². The van der Waals surface area contributed by atoms with Crippen LogP contribution in [0.15, 0.2) is 48.5 Å². The summed E-state index contributed by atoms with van der Waals surface area (Å²) in [4.78, 5) is 0. The van der Waals surface area contributed by atoms with Gasteiger partial charge in [0.25, 0.3) is 0 Å². The Bertz CT molecular complexity index is 474. The van der Waals surface area contributed by atoms with Gasteiger partial charge in [0.15, 0.2) is 0 Å². The summed E-state index contributed by atoms with van der Waals surface area (Å²) in [7, 11) is 0. The molecule has 0 fully saturated rings. The molecule has 2 rings (SSSR count). The van der Waals surface area contributed by atoms with E-state index in [4.69, 9.17) is 16.3 Å². The van der Waals surface area contributed by atoms with E-state index in [9.17, 15) is 5.11 Å². The molecule has 0 bridgehead atoms. The Balaban J connectivity index is 0.00000144. The first-order valence-corrected chi connectivity index (χ1v) is 5.27. The molecule has 0 radical (unpaired) electrons. The molecule has 0 aliphatic heterocycles. The van der Waals surface area contributed by atoms with Crippen LogP contribution in [0, 0.1) is 0 Å². The average molecular weight is 257 g/mol. The van der Waals surface area contributed by atoms with E-state index in [2.05, 4.69) is 0 Å². The molecule has 4 heteroatoms. The largest absolute Gasteiger partial charge is 1.00 e. The number of rotatable bonds is 3. The second-order valence-electron chi connectivity index (χ2n) is 3.34. The Morgan fingerprint density at radius 3 is 2.41 bits per heavy atom. The monoisotopic (exact) mass is 256 g/mol. The molecule has 2 aromatic carbocycles. The fraction of sp³-hybridized carbons (Fsp3) is 0.0769. The summed E-state index contributed by atoms with van der Waals surface area (Å²) in [5.74, 6) is 0.213. The smallest absolute Gasteiger partial charge is 0.871 e. The molecule has 0 aliphatic rings. The van der Waals surface area contributed by atoms with Crippen molar-refractivity contribution in [2.75, 3.05) is 0 Å². The van der Waals surface area contributed by atoms with Crippen molar-refractivity contribution in [2.24, 2.45) is 0 Å². The molecule has 0 saturated carbocycles. The first kappa shape index (κ1) is 14.4. The van der Waals surface area contributed by atoms with E-state index in [0.717, 1.165) is 5.56 Å². The van der Waals surface area contributed by atoms with Crippen molar-refractivity contribution in [3.8, 4) is 11.5 Å². The third-order valence-corrected chi connectivity index (χ3v) is 2.54. The Morgan fingerprint density at radius 1 is 1.00 bits per heavy atom. The summed E-state index contributed by atoms with van der Waals surface area (Å²) in [6, 6.07) is 14.5. The van der Waals surface area contributed by atoms with Gasteiger partial charge in [-0.05, 0) is 11.6 Å². The molecule has 0 atom stereocenters. The second-order valence-corrected chi connectivity index (χ2v) is 3.72. The SMILES string of the molecule is [Na+].[O-]c1cccc(OCc2ccccc2)c1Cl. The summed E-state index contributed by atoms with van der Waals surface area (Å²) in [6.45, 7) is 0.407. The third kappa shape index (κ3) is 3.93. The van der Waals surface area contributed by atoms with Crippen molar-refractivity contribution in [3.05, 3.63) is 59.1 Å². The maximum Gasteiger partial charge on any atom is 1.00 e. The molecule has 0 aromatic heterocycles. The van der Waals surface area contributed by atoms with Crippen molar-refractivity contribution in [1.29, 1.82) is 0 Å². The van der Waals surface area contributed by atoms with Crippen molar-refractivity contribution < 1.29 is 39.4 Å². The fourth-order valence-electron chi connectivity index (χ4n) is 1.34. The van der Waals surface area contributed by atoms with Crippen LogP contribution in [0.3, 0.4) is 0 Å². The predicted molar refractivity (Wildman–Crippen MR) is 61.7 cm³/mol. The maximum atomic E-state index is 11.2. The normalized spacial score (nSPS) is 9.47. The van der Waals surface area contributed by atoms with E-state index in [1.165, 1.54) is 6.07 Å². The van der Waals surface area contributed by atoms with E-state index >= 15 is 0 Å². The van der Waals surface area contributed by atoms with Crippen LogP contribution < -0.4 is 39.4 Å². The Labute approximate surface area is 127 Å². The maximum absolute atomic E-state index is 11.2. The summed E-state index contributed by atoms with van der Waals surface area (Å²) in [6.07, 6.45) is 0. The van der Waals surface area contributed by atoms with Crippen LogP contribution in [0.5, 0.6) is 11.5 Å². The molecule has 0 saturated heterocycles. The molecular formula is C13H10ClNaO2. The standard InChI is InChI=1S/C13H11ClO2.Na/c14-13-11(15)7-4-8-12(13)16-9-10-5-2-1-3-6-10;/h1-8,15H,9H2;/q;+1/p-1. The second kappa shape index (κ2) is 6.92. The van der Waals surface area contributed by atoms with Gasteiger partial charge in [0, 0.05) is 0 Å². The van der Waals surface area contributed by atoms with Gasteiger partial charge >= 0.3 is 29.6 Å². The van der Waals surface area contributed by atoms with Crippen molar-refractivity contribution in [2.45, 2.75) is 6.61 Å². The molecule has 17 heavy (non-hydrogen) atoms. The Morgan fingerprint density at radius 2 is 1.71 bits per heavy atom. The van der Waals surface area contributed by atoms with Crippen LogP contribution in [0.25, 0.3) is 0 Å². The number of benzene rings is 2. The van der Waals surface area contributed by atoms with Gasteiger partial charge in [0.05, 0.1) is 5.02 Å². The van der Waals surface area contributed by atoms with Crippen molar-refractivity contribution in [1.82, 2.24) is 0 Å². The van der Waals surface area contributed by atoms with Gasteiger partial charge in [0.1, 0.15) is 12.4 Å². The molecule has 0 unspecified atom stereocenters. The number of halogens is 1. The van der Waals surface area contributed by atoms with E-state index < -0.39 is 0 Å². The summed E-state index contributed by atoms with van der Waals surface area (Å²) < 4.78 is 5.47. The third-order valence-electron chi connectivity index (χ3n) is 2.17. The zero-order valence-corrected chi connectivity index (χ0v) is 12.3. The quantitative estimate of drug-likeness (QED) is 0.724. The predicted octanol–water partition coefficient (Wildman–Crippen LogP) is -0.00340. The van der Waals surface area contributed by atoms with Crippen molar-refractivity contribution >= 4 is 11.6 Å². The zero-order chi connectivity index (χ0) is 11.4. The summed E-state index contributed by atoms with van der Waals surface area (Å²) >= 11 is 5.82. The van der Waals surface area contributed by atoms with E-state index in [1.807, 2.05) is 30.3 Å². The zero-order valence-electron chi connectivity index (χ0n) is 9.52. The van der Waals surface area contributed by atoms with Gasteiger partial charge in [-0.2, -0.15) is 0 Å². The minimum atomic E-state index is -0.216. The number of hydrogen-bond donors (Lipinski definition) is 0. The van der Waals surface area contributed by atoms with Crippen LogP contribution in [-0.2, 0) is 6.61 Å². The molecule has 0 amide bonds. The van der Waals surface area contributed by atoms with Gasteiger partial charge in [0.2, 0.25) is 0 Å². The molecular weight excluding hydrogens is 247 g/mol. The minimum Gasteiger partial charge on any atom is -0.871 e. The van der Waals surface area contributed by atoms with Gasteiger partial charge < -0.3 is 9.84 Å². The van der Waals surface area contributed by atoms with E-state index in [-0.39, 0.29) is 40.3 Å². The van der Waals surface area contributed by atoms with Gasteiger partial charge in [-0.3, -0.25) is 0 Å². The molecule has 0 heterocycles. The number of hydrogen-bond acceptors (Lipinski definition) is 2. The van der Waals surface area contributed by atoms with Crippen LogP contribution in [0.4, 0.5) is 0 Å². The van der Waals surface area contributed by atoms with Crippen LogP contribution in [0.2, 0.25) is 5.02 Å². The van der Waals surface area contributed by atoms with Crippen LogP contribution >= 0.6 is 11.6 Å². The first-order chi connectivity index (χ1) is 7.77. The Kier molecular flexibility index (Phi) is 5.86. The van der Waals surface area contributed by atoms with E-state index in [1.54, 1.807) is 12.1 Å². The number of ether oxygens (including phenoxy) is 1. The Hall–Kier alpha value is -0.670. The topological polar surface area (TPSA) is 32.3 Å². The summed E-state index contributed by atoms with van der Waals surface area (Å²) in [5.41, 5.74) is 1.04. The molecule has 82 valence electrons. The molecule has 0 aliphatic carbocycles. The van der Waals surface area contributed by atoms with Gasteiger partial charge in [-0.25, -0.2) is 0 Å². The average Bonchev–Trinajstić information content (AvgIpc) is 2.32. The molecule has 2 nitrogen and oxygen atoms in total. The van der Waals surface area contributed by atoms with Gasteiger partial charge in [-0.15, -0.1) is 0 Å². The van der Waals surface area contributed by atoms with Crippen LogP contribution in [-0.4, -0.2) is 0 Å². The molecule has 0 spiro atoms. The minimum absolute atomic E-state index is 0. The summed E-state index contributed by atoms with van der Waals surface area (Å²) in [5, 5.41) is 11.4.